The molecule has 0 aliphatic carbocycles. The number of amides is 1. The Hall–Kier alpha value is -3.99. The van der Waals surface area contributed by atoms with Crippen LogP contribution in [0, 0.1) is 17.7 Å². The second-order valence-corrected chi connectivity index (χ2v) is 7.41. The average molecular weight is 411 g/mol. The Morgan fingerprint density at radius 3 is 2.42 bits per heavy atom. The third-order valence-electron chi connectivity index (χ3n) is 5.49. The summed E-state index contributed by atoms with van der Waals surface area (Å²) in [6, 6.07) is 26.3. The van der Waals surface area contributed by atoms with Gasteiger partial charge in [0.05, 0.1) is 11.0 Å². The maximum absolute atomic E-state index is 13.8. The number of hydrogen-bond donors (Lipinski definition) is 1. The minimum atomic E-state index is -0.896. The van der Waals surface area contributed by atoms with Gasteiger partial charge in [0.25, 0.3) is 0 Å². The Labute approximate surface area is 177 Å². The topological polar surface area (TPSA) is 48.0 Å². The van der Waals surface area contributed by atoms with E-state index in [0.29, 0.717) is 23.1 Å². The maximum atomic E-state index is 13.8. The molecule has 0 saturated heterocycles. The fourth-order valence-corrected chi connectivity index (χ4v) is 4.05. The molecule has 0 unspecified atom stereocenters. The van der Waals surface area contributed by atoms with E-state index >= 15 is 0 Å². The monoisotopic (exact) mass is 411 g/mol. The average Bonchev–Trinajstić information content (AvgIpc) is 3.10. The van der Waals surface area contributed by atoms with Crippen molar-refractivity contribution in [3.8, 4) is 11.1 Å². The number of halogens is 2. The molecule has 5 aromatic rings. The predicted octanol–water partition coefficient (Wildman–Crippen LogP) is 5.69. The predicted molar refractivity (Wildman–Crippen MR) is 118 cm³/mol. The molecule has 0 atom stereocenters. The van der Waals surface area contributed by atoms with Gasteiger partial charge in [-0.25, -0.2) is 8.78 Å². The lowest BCUT2D eigenvalue weighted by Gasteiger charge is -2.10. The molecule has 2 N–H and O–H groups in total. The quantitative estimate of drug-likeness (QED) is 0.406. The van der Waals surface area contributed by atoms with Crippen LogP contribution in [-0.2, 0) is 6.54 Å². The van der Waals surface area contributed by atoms with Crippen LogP contribution < -0.4 is 5.73 Å². The Bertz CT molecular complexity index is 1460. The number of hydrogen-bond acceptors (Lipinski definition) is 1. The third-order valence-corrected chi connectivity index (χ3v) is 5.49. The van der Waals surface area contributed by atoms with Crippen molar-refractivity contribution in [3.05, 3.63) is 108 Å². The molecule has 1 aromatic heterocycles. The number of fused-ring (bicyclic) bond motifs is 3. The van der Waals surface area contributed by atoms with Crippen LogP contribution in [0.1, 0.15) is 15.9 Å². The summed E-state index contributed by atoms with van der Waals surface area (Å²) in [6.45, 7) is 0.297. The first kappa shape index (κ1) is 19.0. The lowest BCUT2D eigenvalue weighted by atomic mass is 10.0. The van der Waals surface area contributed by atoms with Crippen molar-refractivity contribution in [2.75, 3.05) is 0 Å². The zero-order chi connectivity index (χ0) is 21.5. The smallest absolute Gasteiger partial charge is 0.249 e. The number of carbonyl (C=O) groups excluding carboxylic acids is 1. The summed E-state index contributed by atoms with van der Waals surface area (Å²) in [7, 11) is 0. The zero-order valence-corrected chi connectivity index (χ0v) is 16.4. The number of carbonyl (C=O) groups is 1. The maximum Gasteiger partial charge on any atom is 0.249 e. The number of aromatic nitrogens is 1. The number of nitrogens with two attached hydrogens (primary N) is 1. The van der Waals surface area contributed by atoms with Gasteiger partial charge >= 0.3 is 0 Å². The summed E-state index contributed by atoms with van der Waals surface area (Å²) >= 11 is 0. The van der Waals surface area contributed by atoms with Crippen molar-refractivity contribution in [1.82, 2.24) is 4.57 Å². The molecule has 0 bridgehead atoms. The molecule has 3 nitrogen and oxygen atoms in total. The van der Waals surface area contributed by atoms with Crippen LogP contribution in [0.5, 0.6) is 0 Å². The largest absolute Gasteiger partial charge is 0.366 e. The molecule has 31 heavy (non-hydrogen) atoms. The summed E-state index contributed by atoms with van der Waals surface area (Å²) in [4.78, 5) is 12.1. The molecule has 0 fully saturated rings. The van der Waals surface area contributed by atoms with E-state index in [-0.39, 0.29) is 0 Å². The van der Waals surface area contributed by atoms with Crippen molar-refractivity contribution >= 4 is 27.7 Å². The van der Waals surface area contributed by atoms with E-state index in [9.17, 15) is 13.6 Å². The number of nitrogens with zero attached hydrogens (tertiary/aromatic N) is 1. The minimum absolute atomic E-state index is 0.297. The van der Waals surface area contributed by atoms with Crippen molar-refractivity contribution in [2.45, 2.75) is 6.54 Å². The highest BCUT2D eigenvalue weighted by Gasteiger charge is 2.18. The first-order chi connectivity index (χ1) is 15.0. The molecular formula is C26H17F2N2O. The van der Waals surface area contributed by atoms with Crippen LogP contribution in [0.15, 0.2) is 78.9 Å². The molecule has 1 amide bonds. The second-order valence-electron chi connectivity index (χ2n) is 7.41. The van der Waals surface area contributed by atoms with Crippen molar-refractivity contribution in [1.29, 1.82) is 0 Å². The summed E-state index contributed by atoms with van der Waals surface area (Å²) in [5.74, 6) is -2.31. The fraction of sp³-hybridized carbons (Fsp3) is 0.0385. The van der Waals surface area contributed by atoms with E-state index in [1.165, 1.54) is 6.07 Å². The molecular weight excluding hydrogens is 394 g/mol. The molecule has 0 spiro atoms. The van der Waals surface area contributed by atoms with E-state index in [0.717, 1.165) is 33.6 Å². The minimum Gasteiger partial charge on any atom is -0.366 e. The van der Waals surface area contributed by atoms with E-state index in [2.05, 4.69) is 6.07 Å². The van der Waals surface area contributed by atoms with Gasteiger partial charge in [-0.3, -0.25) is 4.79 Å². The highest BCUT2D eigenvalue weighted by Crippen LogP contribution is 2.34. The van der Waals surface area contributed by atoms with Crippen molar-refractivity contribution in [3.63, 3.8) is 0 Å². The molecule has 4 aromatic carbocycles. The highest BCUT2D eigenvalue weighted by atomic mass is 19.2. The second kappa shape index (κ2) is 7.36. The van der Waals surface area contributed by atoms with E-state index in [1.54, 1.807) is 18.2 Å². The molecule has 5 heteroatoms. The normalized spacial score (nSPS) is 11.3. The Morgan fingerprint density at radius 2 is 1.68 bits per heavy atom. The van der Waals surface area contributed by atoms with Gasteiger partial charge in [0, 0.05) is 22.9 Å². The van der Waals surface area contributed by atoms with Gasteiger partial charge < -0.3 is 10.3 Å². The van der Waals surface area contributed by atoms with Gasteiger partial charge in [0.1, 0.15) is 0 Å². The summed E-state index contributed by atoms with van der Waals surface area (Å²) in [5.41, 5.74) is 10.2. The molecule has 1 radical (unpaired) electrons. The Morgan fingerprint density at radius 1 is 0.871 bits per heavy atom. The molecule has 0 saturated carbocycles. The van der Waals surface area contributed by atoms with Gasteiger partial charge in [0.15, 0.2) is 11.6 Å². The van der Waals surface area contributed by atoms with Gasteiger partial charge in [-0.1, -0.05) is 42.5 Å². The van der Waals surface area contributed by atoms with Crippen LogP contribution in [0.2, 0.25) is 0 Å². The lowest BCUT2D eigenvalue weighted by Crippen LogP contribution is -2.11. The van der Waals surface area contributed by atoms with Crippen LogP contribution in [0.25, 0.3) is 32.9 Å². The number of benzene rings is 4. The molecule has 0 aliphatic rings. The zero-order valence-electron chi connectivity index (χ0n) is 16.4. The first-order valence-corrected chi connectivity index (χ1v) is 9.79. The molecule has 1 heterocycles. The van der Waals surface area contributed by atoms with Crippen molar-refractivity contribution < 1.29 is 13.6 Å². The highest BCUT2D eigenvalue weighted by molar-refractivity contribution is 6.18. The summed E-state index contributed by atoms with van der Waals surface area (Å²) in [6.07, 6.45) is 0. The van der Waals surface area contributed by atoms with Crippen LogP contribution in [-0.4, -0.2) is 10.5 Å². The first-order valence-electron chi connectivity index (χ1n) is 9.79. The van der Waals surface area contributed by atoms with Crippen LogP contribution in [0.4, 0.5) is 8.78 Å². The fourth-order valence-electron chi connectivity index (χ4n) is 4.05. The van der Waals surface area contributed by atoms with E-state index in [1.807, 2.05) is 53.1 Å². The van der Waals surface area contributed by atoms with Crippen LogP contribution >= 0.6 is 0 Å². The molecule has 151 valence electrons. The van der Waals surface area contributed by atoms with Gasteiger partial charge in [-0.2, -0.15) is 0 Å². The van der Waals surface area contributed by atoms with Gasteiger partial charge in [-0.15, -0.1) is 0 Å². The SMILES string of the molecule is NC(=O)c1cccc2c1c1[c]cc(-c3ccccc3)cc1n2Cc1ccc(F)c(F)c1. The molecule has 5 rings (SSSR count). The van der Waals surface area contributed by atoms with E-state index in [4.69, 9.17) is 5.73 Å². The summed E-state index contributed by atoms with van der Waals surface area (Å²) in [5, 5.41) is 1.46. The van der Waals surface area contributed by atoms with Gasteiger partial charge in [-0.05, 0) is 59.2 Å². The lowest BCUT2D eigenvalue weighted by molar-refractivity contribution is 0.100. The van der Waals surface area contributed by atoms with E-state index < -0.39 is 17.5 Å². The number of rotatable bonds is 4. The third kappa shape index (κ3) is 3.24. The number of primary amides is 1. The summed E-state index contributed by atoms with van der Waals surface area (Å²) < 4.78 is 29.2. The molecule has 0 aliphatic heterocycles. The van der Waals surface area contributed by atoms with Crippen LogP contribution in [0.3, 0.4) is 0 Å². The Balaban J connectivity index is 1.80. The Kier molecular flexibility index (Phi) is 4.51. The standard InChI is InChI=1S/C26H17F2N2O/c27-21-12-9-16(13-22(21)28)15-30-23-8-4-7-20(26(29)31)25(23)19-11-10-18(14-24(19)30)17-5-2-1-3-6-17/h1-10,12-14H,15H2,(H2,29,31). The van der Waals surface area contributed by atoms with Gasteiger partial charge in [0.2, 0.25) is 5.91 Å². The van der Waals surface area contributed by atoms with Crippen molar-refractivity contribution in [2.24, 2.45) is 5.73 Å².